The quantitative estimate of drug-likeness (QED) is 0.165. The molecule has 3 aliphatic rings. The highest BCUT2D eigenvalue weighted by Crippen LogP contribution is 2.40. The Bertz CT molecular complexity index is 2800. The van der Waals surface area contributed by atoms with Gasteiger partial charge in [0, 0.05) is 48.8 Å². The zero-order chi connectivity index (χ0) is 42.6. The Morgan fingerprint density at radius 1 is 0.983 bits per heavy atom. The van der Waals surface area contributed by atoms with Crippen LogP contribution in [0.5, 0.6) is 17.2 Å². The molecule has 4 N–H and O–H groups in total. The second-order valence-electron chi connectivity index (χ2n) is 14.8. The number of aromatic hydroxyl groups is 2. The summed E-state index contributed by atoms with van der Waals surface area (Å²) in [5.41, 5.74) is 4.52. The zero-order valence-electron chi connectivity index (χ0n) is 33.7. The van der Waals surface area contributed by atoms with E-state index in [1.165, 1.54) is 16.8 Å². The van der Waals surface area contributed by atoms with Gasteiger partial charge >= 0.3 is 17.8 Å². The van der Waals surface area contributed by atoms with Crippen molar-refractivity contribution in [1.82, 2.24) is 34.2 Å². The number of esters is 1. The molecule has 4 aromatic heterocycles. The monoisotopic (exact) mass is 816 g/mol. The molecule has 1 saturated heterocycles. The van der Waals surface area contributed by atoms with Gasteiger partial charge in [0.25, 0.3) is 5.56 Å². The number of hydrogen-bond donors (Lipinski definition) is 4. The van der Waals surface area contributed by atoms with E-state index in [4.69, 9.17) is 14.5 Å². The number of aliphatic hydroxyl groups excluding tert-OH is 1. The summed E-state index contributed by atoms with van der Waals surface area (Å²) in [5.74, 6) is 0.0603. The van der Waals surface area contributed by atoms with Crippen molar-refractivity contribution < 1.29 is 34.4 Å². The van der Waals surface area contributed by atoms with Crippen LogP contribution in [0.3, 0.4) is 0 Å². The third-order valence-corrected chi connectivity index (χ3v) is 11.1. The van der Waals surface area contributed by atoms with Gasteiger partial charge in [0.05, 0.1) is 46.5 Å². The fourth-order valence-corrected chi connectivity index (χ4v) is 8.09. The SMILES string of the molecule is CC.CCc1c2c(nc3ccc(OC(=O)N4CCN(c5ccc(-n6c(-c7cc(C(C)C)c(O)cc7O)n[nH]c6=O)cn5)CC4)cc13)-c1cc3c(c(=O)n1C2)COC(=O)C3O. The van der Waals surface area contributed by atoms with Crippen molar-refractivity contribution in [3.8, 4) is 45.7 Å². The Labute approximate surface area is 343 Å². The smallest absolute Gasteiger partial charge is 0.415 e. The van der Waals surface area contributed by atoms with E-state index in [0.29, 0.717) is 72.3 Å². The number of amides is 1. The van der Waals surface area contributed by atoms with Gasteiger partial charge in [-0.3, -0.25) is 4.79 Å². The molecule has 1 atom stereocenters. The highest BCUT2D eigenvalue weighted by molar-refractivity contribution is 5.90. The molecular weight excluding hydrogens is 773 g/mol. The predicted molar refractivity (Wildman–Crippen MR) is 221 cm³/mol. The van der Waals surface area contributed by atoms with Gasteiger partial charge in [-0.15, -0.1) is 0 Å². The highest BCUT2D eigenvalue weighted by Gasteiger charge is 2.35. The number of aliphatic hydroxyl groups is 1. The van der Waals surface area contributed by atoms with Crippen LogP contribution >= 0.6 is 0 Å². The summed E-state index contributed by atoms with van der Waals surface area (Å²) in [5, 5.41) is 38.8. The van der Waals surface area contributed by atoms with Gasteiger partial charge in [0.1, 0.15) is 29.7 Å². The van der Waals surface area contributed by atoms with Crippen molar-refractivity contribution in [3.63, 3.8) is 0 Å². The van der Waals surface area contributed by atoms with Gasteiger partial charge < -0.3 is 39.2 Å². The first-order chi connectivity index (χ1) is 28.9. The number of aromatic amines is 1. The molecule has 0 spiro atoms. The summed E-state index contributed by atoms with van der Waals surface area (Å²) in [7, 11) is 0. The number of cyclic esters (lactones) is 1. The van der Waals surface area contributed by atoms with Crippen molar-refractivity contribution in [2.24, 2.45) is 0 Å². The maximum absolute atomic E-state index is 13.4. The zero-order valence-corrected chi connectivity index (χ0v) is 33.7. The minimum Gasteiger partial charge on any atom is -0.508 e. The molecule has 17 heteroatoms. The highest BCUT2D eigenvalue weighted by atomic mass is 16.6. The second kappa shape index (κ2) is 15.6. The average Bonchev–Trinajstić information content (AvgIpc) is 3.82. The molecule has 1 unspecified atom stereocenters. The first-order valence-corrected chi connectivity index (χ1v) is 19.9. The number of carbonyl (C=O) groups excluding carboxylic acids is 2. The van der Waals surface area contributed by atoms with E-state index in [2.05, 4.69) is 15.2 Å². The molecule has 2 aromatic carbocycles. The second-order valence-corrected chi connectivity index (χ2v) is 14.8. The van der Waals surface area contributed by atoms with Crippen molar-refractivity contribution in [2.45, 2.75) is 66.2 Å². The molecule has 1 fully saturated rings. The number of H-pyrrole nitrogens is 1. The number of carbonyl (C=O) groups is 2. The predicted octanol–water partition coefficient (Wildman–Crippen LogP) is 4.90. The Morgan fingerprint density at radius 3 is 2.45 bits per heavy atom. The summed E-state index contributed by atoms with van der Waals surface area (Å²) in [6.45, 7) is 11.6. The Kier molecular flexibility index (Phi) is 10.4. The number of aromatic nitrogens is 6. The summed E-state index contributed by atoms with van der Waals surface area (Å²) in [6, 6.07) is 13.2. The normalized spacial score (nSPS) is 15.6. The van der Waals surface area contributed by atoms with Gasteiger partial charge in [-0.1, -0.05) is 34.6 Å². The molecule has 6 aromatic rings. The van der Waals surface area contributed by atoms with E-state index in [1.54, 1.807) is 51.9 Å². The summed E-state index contributed by atoms with van der Waals surface area (Å²) in [6.07, 6.45) is 0.118. The van der Waals surface area contributed by atoms with Gasteiger partial charge in [-0.2, -0.15) is 5.10 Å². The Balaban J connectivity index is 0.00000246. The van der Waals surface area contributed by atoms with Crippen molar-refractivity contribution in [1.29, 1.82) is 0 Å². The summed E-state index contributed by atoms with van der Waals surface area (Å²) in [4.78, 5) is 64.9. The maximum Gasteiger partial charge on any atom is 0.415 e. The third-order valence-electron chi connectivity index (χ3n) is 11.1. The Hall–Kier alpha value is -7.01. The molecule has 0 bridgehead atoms. The van der Waals surface area contributed by atoms with Gasteiger partial charge in [-0.25, -0.2) is 34.0 Å². The van der Waals surface area contributed by atoms with Crippen molar-refractivity contribution in [2.75, 3.05) is 31.1 Å². The van der Waals surface area contributed by atoms with E-state index >= 15 is 0 Å². The molecule has 7 heterocycles. The largest absolute Gasteiger partial charge is 0.508 e. The lowest BCUT2D eigenvalue weighted by Gasteiger charge is -2.34. The number of nitrogens with one attached hydrogen (secondary N) is 1. The first kappa shape index (κ1) is 39.8. The number of benzene rings is 2. The number of piperazine rings is 1. The van der Waals surface area contributed by atoms with E-state index in [1.807, 2.05) is 39.5 Å². The molecule has 0 saturated carbocycles. The van der Waals surface area contributed by atoms with Crippen LogP contribution in [0.4, 0.5) is 10.6 Å². The molecule has 310 valence electrons. The van der Waals surface area contributed by atoms with Gasteiger partial charge in [-0.05, 0) is 65.9 Å². The van der Waals surface area contributed by atoms with Crippen LogP contribution in [0.25, 0.3) is 39.4 Å². The number of nitrogens with zero attached hydrogens (tertiary/aromatic N) is 7. The standard InChI is InChI=1S/C41H38N8O9.C2H6/c1-4-23-25-13-22(6-7-30(25)43-35-28(23)18-48-31(35)15-26-29(38(48)53)19-57-39(54)36(26)52)58-41(56)47-11-9-46(10-12-47)34-8-5-21(17-42-34)49-37(44-45-40(49)55)27-14-24(20(2)3)32(50)16-33(27)51;1-2/h5-8,13-17,20,36,50-52H,4,9-12,18-19H2,1-3H3,(H,45,55);1-2H3. The summed E-state index contributed by atoms with van der Waals surface area (Å²) < 4.78 is 13.8. The molecule has 0 radical (unpaired) electrons. The molecule has 0 aliphatic carbocycles. The number of aryl methyl sites for hydroxylation is 1. The van der Waals surface area contributed by atoms with E-state index in [0.717, 1.165) is 16.5 Å². The number of fused-ring (bicyclic) bond motifs is 5. The van der Waals surface area contributed by atoms with Crippen LogP contribution in [0.1, 0.15) is 74.5 Å². The molecule has 1 amide bonds. The first-order valence-electron chi connectivity index (χ1n) is 19.9. The van der Waals surface area contributed by atoms with E-state index in [-0.39, 0.29) is 58.6 Å². The third kappa shape index (κ3) is 6.69. The molecule has 60 heavy (non-hydrogen) atoms. The number of hydrogen-bond acceptors (Lipinski definition) is 13. The summed E-state index contributed by atoms with van der Waals surface area (Å²) >= 11 is 0. The van der Waals surface area contributed by atoms with Crippen LogP contribution in [0.2, 0.25) is 0 Å². The minimum absolute atomic E-state index is 0.0420. The van der Waals surface area contributed by atoms with Gasteiger partial charge in [0.2, 0.25) is 0 Å². The van der Waals surface area contributed by atoms with E-state index < -0.39 is 23.9 Å². The fraction of sp³-hybridized carbons (Fsp3) is 0.326. The maximum atomic E-state index is 13.4. The van der Waals surface area contributed by atoms with Crippen molar-refractivity contribution in [3.05, 3.63) is 103 Å². The van der Waals surface area contributed by atoms with Crippen LogP contribution < -0.4 is 20.9 Å². The van der Waals surface area contributed by atoms with Gasteiger partial charge in [0.15, 0.2) is 11.9 Å². The van der Waals surface area contributed by atoms with Crippen LogP contribution in [-0.4, -0.2) is 87.8 Å². The molecule has 9 rings (SSSR count). The molecule has 3 aliphatic heterocycles. The lowest BCUT2D eigenvalue weighted by atomic mass is 9.97. The number of rotatable bonds is 6. The topological polar surface area (TPSA) is 218 Å². The molecular formula is C43H44N8O9. The lowest BCUT2D eigenvalue weighted by molar-refractivity contribution is -0.157. The minimum atomic E-state index is -1.54. The number of pyridine rings is 3. The van der Waals surface area contributed by atoms with Crippen LogP contribution in [-0.2, 0) is 29.1 Å². The fourth-order valence-electron chi connectivity index (χ4n) is 8.09. The number of phenolic OH excluding ortho intramolecular Hbond substituents is 2. The van der Waals surface area contributed by atoms with Crippen LogP contribution in [0, 0.1) is 0 Å². The van der Waals surface area contributed by atoms with E-state index in [9.17, 15) is 34.5 Å². The average molecular weight is 817 g/mol. The lowest BCUT2D eigenvalue weighted by Crippen LogP contribution is -2.49. The van der Waals surface area contributed by atoms with Crippen molar-refractivity contribution >= 4 is 28.8 Å². The van der Waals surface area contributed by atoms with Crippen LogP contribution in [0.15, 0.2) is 64.3 Å². The molecule has 17 nitrogen and oxygen atoms in total. The number of anilines is 1. The number of phenols is 2. The Morgan fingerprint density at radius 2 is 1.75 bits per heavy atom. The number of ether oxygens (including phenoxy) is 2.